The van der Waals surface area contributed by atoms with E-state index < -0.39 is 0 Å². The van der Waals surface area contributed by atoms with Crippen molar-refractivity contribution in [1.82, 2.24) is 9.55 Å². The van der Waals surface area contributed by atoms with Crippen molar-refractivity contribution in [2.45, 2.75) is 12.8 Å². The second-order valence-corrected chi connectivity index (χ2v) is 12.6. The zero-order valence-corrected chi connectivity index (χ0v) is 25.4. The number of benzene rings is 5. The highest BCUT2D eigenvalue weighted by molar-refractivity contribution is 7.25. The molecule has 0 aliphatic heterocycles. The maximum Gasteiger partial charge on any atom is 0.137 e. The summed E-state index contributed by atoms with van der Waals surface area (Å²) in [5.41, 5.74) is 9.56. The SMILES string of the molecule is C1=Cc2c(c3ccccc3n2-c2ccc(N(c3ccccc3)c3ccc(-c4ccc5sc6ccccc6c5c4)cc3)nc2)CC1. The van der Waals surface area contributed by atoms with Crippen LogP contribution in [0, 0.1) is 0 Å². The summed E-state index contributed by atoms with van der Waals surface area (Å²) in [7, 11) is 0. The number of hydrogen-bond donors (Lipinski definition) is 0. The van der Waals surface area contributed by atoms with Crippen LogP contribution in [0.1, 0.15) is 17.7 Å². The molecule has 0 radical (unpaired) electrons. The number of nitrogens with zero attached hydrogens (tertiary/aromatic N) is 3. The van der Waals surface area contributed by atoms with Crippen molar-refractivity contribution in [3.8, 4) is 16.8 Å². The molecule has 0 amide bonds. The lowest BCUT2D eigenvalue weighted by Gasteiger charge is -2.25. The highest BCUT2D eigenvalue weighted by Gasteiger charge is 2.19. The van der Waals surface area contributed by atoms with Gasteiger partial charge in [0, 0.05) is 42.6 Å². The fraction of sp³-hybridized carbons (Fsp3) is 0.0488. The Morgan fingerprint density at radius 1 is 0.622 bits per heavy atom. The molecule has 214 valence electrons. The van der Waals surface area contributed by atoms with Gasteiger partial charge >= 0.3 is 0 Å². The molecule has 5 aromatic carbocycles. The van der Waals surface area contributed by atoms with Crippen molar-refractivity contribution in [1.29, 1.82) is 0 Å². The molecule has 4 heteroatoms. The molecule has 0 spiro atoms. The van der Waals surface area contributed by atoms with Crippen molar-refractivity contribution in [2.24, 2.45) is 0 Å². The minimum atomic E-state index is 0.879. The van der Waals surface area contributed by atoms with E-state index in [0.29, 0.717) is 0 Å². The lowest BCUT2D eigenvalue weighted by Crippen LogP contribution is -2.12. The quantitative estimate of drug-likeness (QED) is 0.197. The monoisotopic (exact) mass is 595 g/mol. The molecule has 0 bridgehead atoms. The Hall–Kier alpha value is -5.45. The van der Waals surface area contributed by atoms with Crippen LogP contribution in [0.3, 0.4) is 0 Å². The van der Waals surface area contributed by atoms with Crippen LogP contribution in [-0.2, 0) is 6.42 Å². The van der Waals surface area contributed by atoms with Gasteiger partial charge in [-0.2, -0.15) is 0 Å². The van der Waals surface area contributed by atoms with Crippen molar-refractivity contribution < 1.29 is 0 Å². The molecule has 0 N–H and O–H groups in total. The lowest BCUT2D eigenvalue weighted by atomic mass is 10.0. The van der Waals surface area contributed by atoms with Gasteiger partial charge in [0.25, 0.3) is 0 Å². The van der Waals surface area contributed by atoms with Crippen LogP contribution < -0.4 is 4.90 Å². The third-order valence-electron chi connectivity index (χ3n) is 8.93. The molecule has 45 heavy (non-hydrogen) atoms. The van der Waals surface area contributed by atoms with E-state index in [2.05, 4.69) is 155 Å². The first-order chi connectivity index (χ1) is 22.3. The Kier molecular flexibility index (Phi) is 6.13. The number of hydrogen-bond acceptors (Lipinski definition) is 3. The molecule has 3 aromatic heterocycles. The van der Waals surface area contributed by atoms with Gasteiger partial charge in [-0.05, 0) is 96.3 Å². The number of anilines is 3. The first-order valence-electron chi connectivity index (χ1n) is 15.4. The number of thiophene rings is 1. The van der Waals surface area contributed by atoms with E-state index in [0.717, 1.165) is 35.7 Å². The minimum Gasteiger partial charge on any atom is -0.308 e. The molecule has 1 aliphatic rings. The predicted octanol–water partition coefficient (Wildman–Crippen LogP) is 11.5. The fourth-order valence-electron chi connectivity index (χ4n) is 6.81. The maximum absolute atomic E-state index is 5.06. The third kappa shape index (κ3) is 4.37. The molecular formula is C41H29N3S. The number of pyridine rings is 1. The van der Waals surface area contributed by atoms with E-state index >= 15 is 0 Å². The average Bonchev–Trinajstić information content (AvgIpc) is 3.65. The number of rotatable bonds is 5. The molecule has 0 unspecified atom stereocenters. The summed E-state index contributed by atoms with van der Waals surface area (Å²) in [6.07, 6.45) is 8.71. The van der Waals surface area contributed by atoms with Crippen LogP contribution >= 0.6 is 11.3 Å². The molecule has 0 atom stereocenters. The minimum absolute atomic E-state index is 0.879. The standard InChI is InChI=1S/C41H29N3S/c1-2-10-30(11-3-1)43(31-21-18-28(19-22-31)29-20-24-40-36(26-29)35-14-6-9-17-39(35)45-40)41-25-23-32(27-42-41)44-37-15-7-4-12-33(37)34-13-5-8-16-38(34)44/h1-4,6-12,14-27H,5,13H2. The highest BCUT2D eigenvalue weighted by atomic mass is 32.1. The van der Waals surface area contributed by atoms with Crippen molar-refractivity contribution >= 4 is 65.7 Å². The summed E-state index contributed by atoms with van der Waals surface area (Å²) in [6.45, 7) is 0. The van der Waals surface area contributed by atoms with E-state index in [1.807, 2.05) is 17.5 Å². The van der Waals surface area contributed by atoms with E-state index in [9.17, 15) is 0 Å². The molecule has 1 aliphatic carbocycles. The van der Waals surface area contributed by atoms with Crippen molar-refractivity contribution in [2.75, 3.05) is 4.90 Å². The van der Waals surface area contributed by atoms with Crippen LogP contribution in [0.5, 0.6) is 0 Å². The van der Waals surface area contributed by atoms with Crippen LogP contribution in [-0.4, -0.2) is 9.55 Å². The van der Waals surface area contributed by atoms with Crippen molar-refractivity contribution in [3.63, 3.8) is 0 Å². The molecule has 0 fully saturated rings. The Morgan fingerprint density at radius 3 is 2.20 bits per heavy atom. The smallest absolute Gasteiger partial charge is 0.137 e. The van der Waals surface area contributed by atoms with E-state index in [-0.39, 0.29) is 0 Å². The molecule has 9 rings (SSSR count). The summed E-state index contributed by atoms with van der Waals surface area (Å²) in [5.74, 6) is 0.879. The summed E-state index contributed by atoms with van der Waals surface area (Å²) in [6, 6.07) is 47.9. The van der Waals surface area contributed by atoms with Crippen LogP contribution in [0.2, 0.25) is 0 Å². The van der Waals surface area contributed by atoms with Gasteiger partial charge in [0.1, 0.15) is 5.82 Å². The van der Waals surface area contributed by atoms with Gasteiger partial charge in [0.05, 0.1) is 17.4 Å². The Balaban J connectivity index is 1.10. The molecule has 8 aromatic rings. The highest BCUT2D eigenvalue weighted by Crippen LogP contribution is 2.39. The van der Waals surface area contributed by atoms with Gasteiger partial charge in [0.2, 0.25) is 0 Å². The van der Waals surface area contributed by atoms with Gasteiger partial charge < -0.3 is 4.57 Å². The zero-order chi connectivity index (χ0) is 29.7. The first kappa shape index (κ1) is 26.0. The summed E-state index contributed by atoms with van der Waals surface area (Å²) < 4.78 is 5.01. The van der Waals surface area contributed by atoms with Gasteiger partial charge in [0.15, 0.2) is 0 Å². The summed E-state index contributed by atoms with van der Waals surface area (Å²) in [4.78, 5) is 7.29. The van der Waals surface area contributed by atoms with E-state index in [4.69, 9.17) is 4.98 Å². The summed E-state index contributed by atoms with van der Waals surface area (Å²) in [5, 5.41) is 3.98. The van der Waals surface area contributed by atoms with Gasteiger partial charge in [-0.3, -0.25) is 4.90 Å². The Morgan fingerprint density at radius 2 is 1.36 bits per heavy atom. The normalized spacial score (nSPS) is 12.6. The molecular weight excluding hydrogens is 567 g/mol. The Bertz CT molecular complexity index is 2360. The number of allylic oxidation sites excluding steroid dienone is 1. The van der Waals surface area contributed by atoms with Crippen LogP contribution in [0.25, 0.3) is 54.0 Å². The number of aryl methyl sites for hydroxylation is 1. The molecule has 0 saturated carbocycles. The molecule has 0 saturated heterocycles. The lowest BCUT2D eigenvalue weighted by molar-refractivity contribution is 0.964. The number of fused-ring (bicyclic) bond motifs is 6. The van der Waals surface area contributed by atoms with Crippen molar-refractivity contribution in [3.05, 3.63) is 157 Å². The topological polar surface area (TPSA) is 21.1 Å². The first-order valence-corrected chi connectivity index (χ1v) is 16.3. The maximum atomic E-state index is 5.06. The van der Waals surface area contributed by atoms with Crippen LogP contribution in [0.15, 0.2) is 146 Å². The Labute approximate surface area is 266 Å². The van der Waals surface area contributed by atoms with E-state index in [1.54, 1.807) is 0 Å². The van der Waals surface area contributed by atoms with Gasteiger partial charge in [-0.1, -0.05) is 78.9 Å². The zero-order valence-electron chi connectivity index (χ0n) is 24.6. The number of aromatic nitrogens is 2. The van der Waals surface area contributed by atoms with E-state index in [1.165, 1.54) is 53.5 Å². The average molecular weight is 596 g/mol. The largest absolute Gasteiger partial charge is 0.308 e. The molecule has 3 nitrogen and oxygen atoms in total. The van der Waals surface area contributed by atoms with Gasteiger partial charge in [-0.25, -0.2) is 4.98 Å². The predicted molar refractivity (Wildman–Crippen MR) is 191 cm³/mol. The summed E-state index contributed by atoms with van der Waals surface area (Å²) >= 11 is 1.86. The van der Waals surface area contributed by atoms with Gasteiger partial charge in [-0.15, -0.1) is 11.3 Å². The molecule has 3 heterocycles. The second-order valence-electron chi connectivity index (χ2n) is 11.6. The number of para-hydroxylation sites is 2. The second kappa shape index (κ2) is 10.6. The van der Waals surface area contributed by atoms with Crippen LogP contribution in [0.4, 0.5) is 17.2 Å². The fourth-order valence-corrected chi connectivity index (χ4v) is 7.89. The third-order valence-corrected chi connectivity index (χ3v) is 10.1.